The van der Waals surface area contributed by atoms with Crippen molar-refractivity contribution in [3.63, 3.8) is 0 Å². The molecule has 2 heterocycles. The fourth-order valence-electron chi connectivity index (χ4n) is 3.37. The third kappa shape index (κ3) is 4.57. The highest BCUT2D eigenvalue weighted by atomic mass is 35.5. The molecular formula is C23H16Cl2N4O4. The number of rotatable bonds is 4. The van der Waals surface area contributed by atoms with Gasteiger partial charge in [-0.2, -0.15) is 0 Å². The van der Waals surface area contributed by atoms with Crippen LogP contribution in [0.15, 0.2) is 73.1 Å². The maximum atomic E-state index is 13.3. The number of nitrogens with one attached hydrogen (secondary N) is 1. The minimum atomic E-state index is -1.26. The third-order valence-electron chi connectivity index (χ3n) is 4.98. The van der Waals surface area contributed by atoms with Crippen LogP contribution in [-0.2, 0) is 9.59 Å². The number of carbonyl (C=O) groups excluding carboxylic acids is 4. The molecule has 0 saturated carbocycles. The normalized spacial score (nSPS) is 15.5. The van der Waals surface area contributed by atoms with Crippen molar-refractivity contribution in [2.75, 3.05) is 4.90 Å². The maximum absolute atomic E-state index is 13.3. The average Bonchev–Trinajstić information content (AvgIpc) is 3.13. The number of hydrazine groups is 1. The van der Waals surface area contributed by atoms with Gasteiger partial charge in [0.25, 0.3) is 17.7 Å². The molecule has 1 aromatic heterocycles. The first-order valence-corrected chi connectivity index (χ1v) is 10.5. The Morgan fingerprint density at radius 1 is 0.970 bits per heavy atom. The number of carbonyl (C=O) groups is 4. The van der Waals surface area contributed by atoms with Crippen LogP contribution in [0.2, 0.25) is 10.0 Å². The summed E-state index contributed by atoms with van der Waals surface area (Å²) >= 11 is 12.0. The summed E-state index contributed by atoms with van der Waals surface area (Å²) in [5, 5.41) is 1.32. The van der Waals surface area contributed by atoms with Crippen molar-refractivity contribution in [1.29, 1.82) is 0 Å². The predicted molar refractivity (Wildman–Crippen MR) is 122 cm³/mol. The number of pyridine rings is 1. The van der Waals surface area contributed by atoms with E-state index < -0.39 is 29.7 Å². The van der Waals surface area contributed by atoms with E-state index in [0.29, 0.717) is 0 Å². The summed E-state index contributed by atoms with van der Waals surface area (Å²) in [5.41, 5.74) is 3.11. The Balaban J connectivity index is 1.68. The zero-order chi connectivity index (χ0) is 23.5. The molecule has 0 bridgehead atoms. The Morgan fingerprint density at radius 3 is 2.36 bits per heavy atom. The first-order valence-electron chi connectivity index (χ1n) is 9.78. The standard InChI is InChI=1S/C23H16Cl2N4O4/c24-17-9-8-16(11-18(17)25)28-20(30)12-19(23(28)33)29(22(32)14-5-2-1-3-6-14)27-21(31)15-7-4-10-26-13-15/h1-11,13,19H,12H2,(H,27,31). The molecule has 0 aliphatic carbocycles. The van der Waals surface area contributed by atoms with E-state index in [9.17, 15) is 19.2 Å². The topological polar surface area (TPSA) is 99.7 Å². The molecule has 1 saturated heterocycles. The van der Waals surface area contributed by atoms with Crippen LogP contribution in [0.5, 0.6) is 0 Å². The van der Waals surface area contributed by atoms with Gasteiger partial charge < -0.3 is 0 Å². The minimum Gasteiger partial charge on any atom is -0.274 e. The van der Waals surface area contributed by atoms with Gasteiger partial charge in [0.05, 0.1) is 27.7 Å². The van der Waals surface area contributed by atoms with E-state index in [1.807, 2.05) is 0 Å². The zero-order valence-corrected chi connectivity index (χ0v) is 18.5. The van der Waals surface area contributed by atoms with Crippen LogP contribution in [0.4, 0.5) is 5.69 Å². The number of amides is 4. The second-order valence-corrected chi connectivity index (χ2v) is 7.92. The summed E-state index contributed by atoms with van der Waals surface area (Å²) in [6, 6.07) is 14.3. The van der Waals surface area contributed by atoms with Crippen molar-refractivity contribution >= 4 is 52.5 Å². The monoisotopic (exact) mass is 482 g/mol. The second-order valence-electron chi connectivity index (χ2n) is 7.11. The summed E-state index contributed by atoms with van der Waals surface area (Å²) in [7, 11) is 0. The highest BCUT2D eigenvalue weighted by Crippen LogP contribution is 2.31. The van der Waals surface area contributed by atoms with Crippen LogP contribution in [-0.4, -0.2) is 39.7 Å². The van der Waals surface area contributed by atoms with Crippen molar-refractivity contribution in [2.24, 2.45) is 0 Å². The molecule has 1 unspecified atom stereocenters. The number of imide groups is 1. The Labute approximate surface area is 198 Å². The largest absolute Gasteiger partial charge is 0.274 e. The summed E-state index contributed by atoms with van der Waals surface area (Å²) < 4.78 is 0. The molecule has 10 heteroatoms. The maximum Gasteiger partial charge on any atom is 0.273 e. The van der Waals surface area contributed by atoms with Gasteiger partial charge in [0.2, 0.25) is 5.91 Å². The Kier molecular flexibility index (Phi) is 6.39. The van der Waals surface area contributed by atoms with Crippen molar-refractivity contribution in [1.82, 2.24) is 15.4 Å². The van der Waals surface area contributed by atoms with Gasteiger partial charge in [-0.3, -0.25) is 29.6 Å². The van der Waals surface area contributed by atoms with Gasteiger partial charge >= 0.3 is 0 Å². The number of aromatic nitrogens is 1. The quantitative estimate of drug-likeness (QED) is 0.453. The summed E-state index contributed by atoms with van der Waals surface area (Å²) in [4.78, 5) is 56.9. The minimum absolute atomic E-state index is 0.167. The van der Waals surface area contributed by atoms with Gasteiger partial charge in [0.1, 0.15) is 6.04 Å². The first-order chi connectivity index (χ1) is 15.9. The molecule has 1 fully saturated rings. The molecule has 1 aliphatic rings. The highest BCUT2D eigenvalue weighted by Gasteiger charge is 2.45. The zero-order valence-electron chi connectivity index (χ0n) is 16.9. The number of hydrogen-bond donors (Lipinski definition) is 1. The van der Waals surface area contributed by atoms with E-state index in [-0.39, 0.29) is 33.3 Å². The molecule has 4 amide bonds. The Bertz CT molecular complexity index is 1240. The van der Waals surface area contributed by atoms with E-state index in [1.165, 1.54) is 36.7 Å². The number of halogens is 2. The lowest BCUT2D eigenvalue weighted by Gasteiger charge is -2.28. The SMILES string of the molecule is O=C(NN(C(=O)c1ccccc1)C1CC(=O)N(c2ccc(Cl)c(Cl)c2)C1=O)c1cccnc1. The lowest BCUT2D eigenvalue weighted by molar-refractivity contribution is -0.122. The Morgan fingerprint density at radius 2 is 1.70 bits per heavy atom. The third-order valence-corrected chi connectivity index (χ3v) is 5.72. The number of nitrogens with zero attached hydrogens (tertiary/aromatic N) is 3. The molecule has 166 valence electrons. The van der Waals surface area contributed by atoms with Crippen LogP contribution in [0, 0.1) is 0 Å². The van der Waals surface area contributed by atoms with Gasteiger partial charge in [0.15, 0.2) is 0 Å². The number of hydrogen-bond acceptors (Lipinski definition) is 5. The molecule has 1 aliphatic heterocycles. The van der Waals surface area contributed by atoms with Crippen LogP contribution >= 0.6 is 23.2 Å². The molecule has 2 aromatic carbocycles. The van der Waals surface area contributed by atoms with Gasteiger partial charge in [-0.25, -0.2) is 9.91 Å². The van der Waals surface area contributed by atoms with Crippen LogP contribution in [0.3, 0.4) is 0 Å². The number of benzene rings is 2. The van der Waals surface area contributed by atoms with E-state index in [0.717, 1.165) is 9.91 Å². The van der Waals surface area contributed by atoms with Crippen LogP contribution in [0.1, 0.15) is 27.1 Å². The summed E-state index contributed by atoms with van der Waals surface area (Å²) in [5.74, 6) is -2.53. The van der Waals surface area contributed by atoms with Crippen LogP contribution in [0.25, 0.3) is 0 Å². The Hall–Kier alpha value is -3.75. The predicted octanol–water partition coefficient (Wildman–Crippen LogP) is 3.51. The lowest BCUT2D eigenvalue weighted by Crippen LogP contribution is -2.54. The van der Waals surface area contributed by atoms with Crippen molar-refractivity contribution in [3.8, 4) is 0 Å². The van der Waals surface area contributed by atoms with Gasteiger partial charge in [-0.1, -0.05) is 41.4 Å². The van der Waals surface area contributed by atoms with E-state index in [1.54, 1.807) is 36.4 Å². The summed E-state index contributed by atoms with van der Waals surface area (Å²) in [6.07, 6.45) is 2.49. The lowest BCUT2D eigenvalue weighted by atomic mass is 10.1. The smallest absolute Gasteiger partial charge is 0.273 e. The second kappa shape index (κ2) is 9.40. The summed E-state index contributed by atoms with van der Waals surface area (Å²) in [6.45, 7) is 0. The van der Waals surface area contributed by atoms with Crippen molar-refractivity contribution < 1.29 is 19.2 Å². The molecule has 4 rings (SSSR count). The fraction of sp³-hybridized carbons (Fsp3) is 0.0870. The molecule has 0 radical (unpaired) electrons. The van der Waals surface area contributed by atoms with E-state index in [4.69, 9.17) is 23.2 Å². The van der Waals surface area contributed by atoms with Crippen molar-refractivity contribution in [3.05, 3.63) is 94.2 Å². The molecule has 8 nitrogen and oxygen atoms in total. The fourth-order valence-corrected chi connectivity index (χ4v) is 3.67. The number of anilines is 1. The molecular weight excluding hydrogens is 467 g/mol. The molecule has 0 spiro atoms. The van der Waals surface area contributed by atoms with Gasteiger partial charge in [0, 0.05) is 18.0 Å². The molecule has 1 atom stereocenters. The molecule has 33 heavy (non-hydrogen) atoms. The van der Waals surface area contributed by atoms with Crippen LogP contribution < -0.4 is 10.3 Å². The highest BCUT2D eigenvalue weighted by molar-refractivity contribution is 6.42. The van der Waals surface area contributed by atoms with E-state index >= 15 is 0 Å². The first kappa shape index (κ1) is 22.4. The van der Waals surface area contributed by atoms with Gasteiger partial charge in [-0.05, 0) is 42.5 Å². The molecule has 1 N–H and O–H groups in total. The average molecular weight is 483 g/mol. The van der Waals surface area contributed by atoms with Crippen molar-refractivity contribution in [2.45, 2.75) is 12.5 Å². The molecule has 3 aromatic rings. The van der Waals surface area contributed by atoms with E-state index in [2.05, 4.69) is 10.4 Å². The van der Waals surface area contributed by atoms with Gasteiger partial charge in [-0.15, -0.1) is 0 Å².